The number of amides is 1. The number of aromatic nitrogens is 3. The van der Waals surface area contributed by atoms with Crippen LogP contribution in [0.1, 0.15) is 25.6 Å². The maximum Gasteiger partial charge on any atom is 0.248 e. The van der Waals surface area contributed by atoms with E-state index in [9.17, 15) is 4.79 Å². The van der Waals surface area contributed by atoms with Gasteiger partial charge in [-0.15, -0.1) is 0 Å². The maximum absolute atomic E-state index is 12.2. The molecular formula is C18H23N5O3. The maximum atomic E-state index is 12.2. The summed E-state index contributed by atoms with van der Waals surface area (Å²) in [6, 6.07) is 5.53. The van der Waals surface area contributed by atoms with E-state index < -0.39 is 0 Å². The van der Waals surface area contributed by atoms with Gasteiger partial charge in [-0.1, -0.05) is 0 Å². The highest BCUT2D eigenvalue weighted by Crippen LogP contribution is 2.22. The number of hydrogen-bond donors (Lipinski definition) is 1. The Morgan fingerprint density at radius 1 is 1.35 bits per heavy atom. The molecule has 26 heavy (non-hydrogen) atoms. The standard InChI is InChI=1S/C18H23N5O3/c1-13(2)26-12-17(24)23-8-9-25-16(11-23)15-5-4-14(10-21-15)22-18-19-6-3-7-20-18/h3-7,10,13,16H,8-9,11-12H2,1-2H3,(H,19,20,22). The third kappa shape index (κ3) is 4.96. The van der Waals surface area contributed by atoms with E-state index in [0.29, 0.717) is 25.6 Å². The summed E-state index contributed by atoms with van der Waals surface area (Å²) in [7, 11) is 0. The van der Waals surface area contributed by atoms with Gasteiger partial charge in [0, 0.05) is 18.9 Å². The van der Waals surface area contributed by atoms with Crippen LogP contribution in [0.15, 0.2) is 36.8 Å². The molecule has 8 heteroatoms. The molecule has 138 valence electrons. The molecule has 1 unspecified atom stereocenters. The van der Waals surface area contributed by atoms with Crippen molar-refractivity contribution in [2.45, 2.75) is 26.1 Å². The molecule has 1 fully saturated rings. The number of nitrogens with one attached hydrogen (secondary N) is 1. The van der Waals surface area contributed by atoms with Crippen molar-refractivity contribution in [2.24, 2.45) is 0 Å². The topological polar surface area (TPSA) is 89.5 Å². The predicted molar refractivity (Wildman–Crippen MR) is 95.9 cm³/mol. The zero-order valence-corrected chi connectivity index (χ0v) is 15.0. The first-order chi connectivity index (χ1) is 12.6. The first-order valence-electron chi connectivity index (χ1n) is 8.63. The highest BCUT2D eigenvalue weighted by molar-refractivity contribution is 5.77. The summed E-state index contributed by atoms with van der Waals surface area (Å²) in [6.45, 7) is 5.45. The number of anilines is 2. The molecule has 1 aliphatic heterocycles. The lowest BCUT2D eigenvalue weighted by Gasteiger charge is -2.32. The van der Waals surface area contributed by atoms with Gasteiger partial charge in [0.1, 0.15) is 12.7 Å². The molecule has 1 amide bonds. The van der Waals surface area contributed by atoms with Crippen LogP contribution in [-0.4, -0.2) is 58.2 Å². The molecule has 3 heterocycles. The molecule has 0 spiro atoms. The van der Waals surface area contributed by atoms with Crippen molar-refractivity contribution >= 4 is 17.5 Å². The number of carbonyl (C=O) groups is 1. The summed E-state index contributed by atoms with van der Waals surface area (Å²) in [6.07, 6.45) is 4.83. The second-order valence-electron chi connectivity index (χ2n) is 6.23. The Hall–Kier alpha value is -2.58. The van der Waals surface area contributed by atoms with E-state index in [-0.39, 0.29) is 24.7 Å². The molecule has 1 saturated heterocycles. The average molecular weight is 357 g/mol. The number of carbonyl (C=O) groups excluding carboxylic acids is 1. The number of hydrogen-bond acceptors (Lipinski definition) is 7. The lowest BCUT2D eigenvalue weighted by atomic mass is 10.2. The van der Waals surface area contributed by atoms with Gasteiger partial charge in [-0.25, -0.2) is 9.97 Å². The Kier molecular flexibility index (Phi) is 6.08. The number of rotatable bonds is 6. The third-order valence-electron chi connectivity index (χ3n) is 3.90. The molecule has 0 saturated carbocycles. The summed E-state index contributed by atoms with van der Waals surface area (Å²) in [5.74, 6) is 0.490. The zero-order valence-electron chi connectivity index (χ0n) is 15.0. The SMILES string of the molecule is CC(C)OCC(=O)N1CCOC(c2ccc(Nc3ncccn3)cn2)C1. The van der Waals surface area contributed by atoms with Crippen molar-refractivity contribution in [3.63, 3.8) is 0 Å². The predicted octanol–water partition coefficient (Wildman–Crippen LogP) is 1.94. The Morgan fingerprint density at radius 3 is 2.85 bits per heavy atom. The van der Waals surface area contributed by atoms with Crippen molar-refractivity contribution in [1.82, 2.24) is 19.9 Å². The van der Waals surface area contributed by atoms with E-state index in [0.717, 1.165) is 11.4 Å². The molecule has 3 rings (SSSR count). The van der Waals surface area contributed by atoms with Crippen LogP contribution < -0.4 is 5.32 Å². The van der Waals surface area contributed by atoms with Crippen LogP contribution in [0, 0.1) is 0 Å². The lowest BCUT2D eigenvalue weighted by molar-refractivity contribution is -0.145. The number of nitrogens with zero attached hydrogens (tertiary/aromatic N) is 4. The smallest absolute Gasteiger partial charge is 0.248 e. The van der Waals surface area contributed by atoms with Crippen LogP contribution in [-0.2, 0) is 14.3 Å². The Labute approximate surface area is 152 Å². The molecule has 1 aliphatic rings. The van der Waals surface area contributed by atoms with Gasteiger partial charge >= 0.3 is 0 Å². The summed E-state index contributed by atoms with van der Waals surface area (Å²) in [5, 5.41) is 3.08. The second kappa shape index (κ2) is 8.68. The first kappa shape index (κ1) is 18.2. The fourth-order valence-corrected chi connectivity index (χ4v) is 2.55. The molecule has 0 aliphatic carbocycles. The van der Waals surface area contributed by atoms with Crippen molar-refractivity contribution in [3.05, 3.63) is 42.5 Å². The largest absolute Gasteiger partial charge is 0.369 e. The molecule has 0 bridgehead atoms. The van der Waals surface area contributed by atoms with Crippen molar-refractivity contribution in [3.8, 4) is 0 Å². The third-order valence-corrected chi connectivity index (χ3v) is 3.90. The fourth-order valence-electron chi connectivity index (χ4n) is 2.55. The van der Waals surface area contributed by atoms with Gasteiger partial charge in [0.15, 0.2) is 0 Å². The highest BCUT2D eigenvalue weighted by Gasteiger charge is 2.26. The average Bonchev–Trinajstić information content (AvgIpc) is 2.67. The van der Waals surface area contributed by atoms with Crippen LogP contribution >= 0.6 is 0 Å². The summed E-state index contributed by atoms with van der Waals surface area (Å²) in [4.78, 5) is 26.7. The lowest BCUT2D eigenvalue weighted by Crippen LogP contribution is -2.44. The van der Waals surface area contributed by atoms with Crippen LogP contribution in [0.3, 0.4) is 0 Å². The molecule has 1 N–H and O–H groups in total. The molecule has 8 nitrogen and oxygen atoms in total. The van der Waals surface area contributed by atoms with E-state index in [4.69, 9.17) is 9.47 Å². The minimum absolute atomic E-state index is 0.0217. The minimum Gasteiger partial charge on any atom is -0.369 e. The van der Waals surface area contributed by atoms with Crippen molar-refractivity contribution < 1.29 is 14.3 Å². The molecule has 2 aromatic rings. The zero-order chi connectivity index (χ0) is 18.4. The van der Waals surface area contributed by atoms with Gasteiger partial charge in [-0.2, -0.15) is 0 Å². The summed E-state index contributed by atoms with van der Waals surface area (Å²) >= 11 is 0. The first-order valence-corrected chi connectivity index (χ1v) is 8.63. The monoisotopic (exact) mass is 357 g/mol. The van der Waals surface area contributed by atoms with E-state index in [1.165, 1.54) is 0 Å². The molecule has 1 atom stereocenters. The molecule has 2 aromatic heterocycles. The minimum atomic E-state index is -0.242. The van der Waals surface area contributed by atoms with E-state index in [1.807, 2.05) is 26.0 Å². The Bertz CT molecular complexity index is 709. The van der Waals surface area contributed by atoms with Crippen LogP contribution in [0.2, 0.25) is 0 Å². The molecule has 0 aromatic carbocycles. The normalized spacial score (nSPS) is 17.3. The summed E-state index contributed by atoms with van der Waals surface area (Å²) in [5.41, 5.74) is 1.57. The number of morpholine rings is 1. The number of pyridine rings is 1. The van der Waals surface area contributed by atoms with Gasteiger partial charge in [0.2, 0.25) is 11.9 Å². The van der Waals surface area contributed by atoms with Crippen molar-refractivity contribution in [1.29, 1.82) is 0 Å². The highest BCUT2D eigenvalue weighted by atomic mass is 16.5. The van der Waals surface area contributed by atoms with E-state index in [1.54, 1.807) is 29.6 Å². The van der Waals surface area contributed by atoms with Crippen LogP contribution in [0.4, 0.5) is 11.6 Å². The van der Waals surface area contributed by atoms with Gasteiger partial charge in [-0.05, 0) is 32.0 Å². The van der Waals surface area contributed by atoms with Gasteiger partial charge < -0.3 is 19.7 Å². The van der Waals surface area contributed by atoms with Gasteiger partial charge in [-0.3, -0.25) is 9.78 Å². The second-order valence-corrected chi connectivity index (χ2v) is 6.23. The van der Waals surface area contributed by atoms with Gasteiger partial charge in [0.05, 0.1) is 36.8 Å². The quantitative estimate of drug-likeness (QED) is 0.845. The molecular weight excluding hydrogens is 334 g/mol. The van der Waals surface area contributed by atoms with Crippen molar-refractivity contribution in [2.75, 3.05) is 31.6 Å². The Morgan fingerprint density at radius 2 is 2.15 bits per heavy atom. The fraction of sp³-hybridized carbons (Fsp3) is 0.444. The summed E-state index contributed by atoms with van der Waals surface area (Å²) < 4.78 is 11.2. The Balaban J connectivity index is 1.59. The van der Waals surface area contributed by atoms with Crippen LogP contribution in [0.25, 0.3) is 0 Å². The molecule has 0 radical (unpaired) electrons. The number of ether oxygens (including phenoxy) is 2. The van der Waals surface area contributed by atoms with Gasteiger partial charge in [0.25, 0.3) is 0 Å². The van der Waals surface area contributed by atoms with E-state index in [2.05, 4.69) is 20.3 Å². The van der Waals surface area contributed by atoms with E-state index >= 15 is 0 Å². The van der Waals surface area contributed by atoms with Crippen LogP contribution in [0.5, 0.6) is 0 Å².